The molecule has 0 bridgehead atoms. The van der Waals surface area contributed by atoms with E-state index in [1.165, 1.54) is 0 Å². The van der Waals surface area contributed by atoms with Crippen LogP contribution in [0.3, 0.4) is 0 Å². The Labute approximate surface area is 114 Å². The molecule has 0 aromatic carbocycles. The maximum absolute atomic E-state index is 11.4. The minimum Gasteiger partial charge on any atom is -0.481 e. The van der Waals surface area contributed by atoms with Gasteiger partial charge in [-0.3, -0.25) is 4.79 Å². The normalized spacial score (nSPS) is 11.4. The number of aromatic nitrogens is 2. The van der Waals surface area contributed by atoms with Crippen molar-refractivity contribution in [3.63, 3.8) is 0 Å². The number of carboxylic acid groups (broad SMARTS) is 1. The van der Waals surface area contributed by atoms with Crippen LogP contribution in [0.2, 0.25) is 0 Å². The number of aliphatic carboxylic acids is 1. The summed E-state index contributed by atoms with van der Waals surface area (Å²) in [7, 11) is 0. The van der Waals surface area contributed by atoms with Crippen molar-refractivity contribution in [1.82, 2.24) is 9.97 Å². The van der Waals surface area contributed by atoms with E-state index in [-0.39, 0.29) is 0 Å². The highest BCUT2D eigenvalue weighted by molar-refractivity contribution is 5.75. The third-order valence-corrected chi connectivity index (χ3v) is 3.67. The first-order chi connectivity index (χ1) is 8.97. The Kier molecular flexibility index (Phi) is 5.27. The molecule has 0 radical (unpaired) electrons. The minimum atomic E-state index is -0.758. The molecule has 106 valence electrons. The fraction of sp³-hybridized carbons (Fsp3) is 0.643. The summed E-state index contributed by atoms with van der Waals surface area (Å²) < 4.78 is 0. The average Bonchev–Trinajstić information content (AvgIpc) is 2.39. The van der Waals surface area contributed by atoms with Gasteiger partial charge >= 0.3 is 5.97 Å². The molecule has 0 amide bonds. The molecule has 0 saturated carbocycles. The molecule has 1 aromatic heterocycles. The fourth-order valence-corrected chi connectivity index (χ4v) is 2.04. The van der Waals surface area contributed by atoms with Gasteiger partial charge in [-0.2, -0.15) is 0 Å². The van der Waals surface area contributed by atoms with Crippen molar-refractivity contribution in [1.29, 1.82) is 0 Å². The highest BCUT2D eigenvalue weighted by Gasteiger charge is 2.34. The number of nitrogens with zero attached hydrogens (tertiary/aromatic N) is 2. The Morgan fingerprint density at radius 2 is 1.95 bits per heavy atom. The topological polar surface area (TPSA) is 75.1 Å². The zero-order valence-electron chi connectivity index (χ0n) is 12.2. The number of carboxylic acids is 1. The van der Waals surface area contributed by atoms with Crippen LogP contribution in [-0.4, -0.2) is 27.6 Å². The molecule has 1 heterocycles. The smallest absolute Gasteiger partial charge is 0.311 e. The Balaban J connectivity index is 2.85. The summed E-state index contributed by atoms with van der Waals surface area (Å²) in [4.78, 5) is 20.0. The Morgan fingerprint density at radius 3 is 2.42 bits per heavy atom. The monoisotopic (exact) mass is 265 g/mol. The van der Waals surface area contributed by atoms with Gasteiger partial charge in [0.2, 0.25) is 0 Å². The Bertz CT molecular complexity index is 442. The Hall–Kier alpha value is -1.65. The maximum Gasteiger partial charge on any atom is 0.311 e. The third-order valence-electron chi connectivity index (χ3n) is 3.67. The predicted molar refractivity (Wildman–Crippen MR) is 75.3 cm³/mol. The highest BCUT2D eigenvalue weighted by atomic mass is 16.4. The van der Waals surface area contributed by atoms with Gasteiger partial charge in [0.25, 0.3) is 0 Å². The molecule has 0 aliphatic heterocycles. The summed E-state index contributed by atoms with van der Waals surface area (Å²) in [6.45, 7) is 8.07. The number of nitrogens with one attached hydrogen (secondary N) is 1. The van der Waals surface area contributed by atoms with Crippen LogP contribution in [0.1, 0.15) is 45.1 Å². The van der Waals surface area contributed by atoms with Gasteiger partial charge < -0.3 is 10.4 Å². The van der Waals surface area contributed by atoms with E-state index in [2.05, 4.69) is 15.3 Å². The van der Waals surface area contributed by atoms with Gasteiger partial charge in [0.1, 0.15) is 11.6 Å². The van der Waals surface area contributed by atoms with Crippen LogP contribution in [0, 0.1) is 12.3 Å². The first-order valence-corrected chi connectivity index (χ1v) is 6.79. The second-order valence-electron chi connectivity index (χ2n) is 4.79. The molecule has 0 aliphatic carbocycles. The summed E-state index contributed by atoms with van der Waals surface area (Å²) in [6, 6.07) is 1.88. The van der Waals surface area contributed by atoms with Crippen LogP contribution in [-0.2, 0) is 11.2 Å². The molecular formula is C14H23N3O2. The van der Waals surface area contributed by atoms with Crippen LogP contribution >= 0.6 is 0 Å². The summed E-state index contributed by atoms with van der Waals surface area (Å²) in [5, 5.41) is 12.5. The zero-order valence-corrected chi connectivity index (χ0v) is 12.2. The fourth-order valence-electron chi connectivity index (χ4n) is 2.04. The first-order valence-electron chi connectivity index (χ1n) is 6.79. The quantitative estimate of drug-likeness (QED) is 0.792. The van der Waals surface area contributed by atoms with Crippen LogP contribution < -0.4 is 5.32 Å². The summed E-state index contributed by atoms with van der Waals surface area (Å²) in [5.74, 6) is 0.652. The van der Waals surface area contributed by atoms with Crippen molar-refractivity contribution in [2.45, 2.75) is 47.0 Å². The number of aryl methyl sites for hydroxylation is 2. The molecule has 5 heteroatoms. The predicted octanol–water partition coefficient (Wildman–Crippen LogP) is 2.65. The molecule has 5 nitrogen and oxygen atoms in total. The van der Waals surface area contributed by atoms with Crippen molar-refractivity contribution in [3.05, 3.63) is 17.6 Å². The van der Waals surface area contributed by atoms with Gasteiger partial charge in [-0.15, -0.1) is 0 Å². The average molecular weight is 265 g/mol. The second kappa shape index (κ2) is 6.50. The number of carbonyl (C=O) groups is 1. The van der Waals surface area contributed by atoms with Crippen LogP contribution in [0.5, 0.6) is 0 Å². The molecule has 19 heavy (non-hydrogen) atoms. The number of anilines is 1. The van der Waals surface area contributed by atoms with Crippen molar-refractivity contribution >= 4 is 11.8 Å². The number of rotatable bonds is 7. The molecular weight excluding hydrogens is 242 g/mol. The zero-order chi connectivity index (χ0) is 14.5. The molecule has 0 aliphatic rings. The van der Waals surface area contributed by atoms with Gasteiger partial charge in [0.05, 0.1) is 5.41 Å². The largest absolute Gasteiger partial charge is 0.481 e. The number of hydrogen-bond donors (Lipinski definition) is 2. The van der Waals surface area contributed by atoms with E-state index in [0.29, 0.717) is 31.0 Å². The van der Waals surface area contributed by atoms with Crippen molar-refractivity contribution in [2.24, 2.45) is 5.41 Å². The lowest BCUT2D eigenvalue weighted by molar-refractivity contribution is -0.148. The van der Waals surface area contributed by atoms with E-state index in [1.807, 2.05) is 33.8 Å². The maximum atomic E-state index is 11.4. The van der Waals surface area contributed by atoms with E-state index < -0.39 is 11.4 Å². The van der Waals surface area contributed by atoms with E-state index >= 15 is 0 Å². The molecule has 1 rings (SSSR count). The lowest BCUT2D eigenvalue weighted by Gasteiger charge is -2.27. The highest BCUT2D eigenvalue weighted by Crippen LogP contribution is 2.27. The first kappa shape index (κ1) is 15.4. The summed E-state index contributed by atoms with van der Waals surface area (Å²) in [5.41, 5.74) is 0.231. The van der Waals surface area contributed by atoms with Gasteiger partial charge in [-0.05, 0) is 26.2 Å². The standard InChI is InChI=1S/C14H23N3O2/c1-5-11-8-12(17-10(4)16-11)15-9-14(6-2,7-3)13(18)19/h8H,5-7,9H2,1-4H3,(H,18,19)(H,15,16,17). The summed E-state index contributed by atoms with van der Waals surface area (Å²) in [6.07, 6.45) is 2.02. The van der Waals surface area contributed by atoms with Crippen LogP contribution in [0.4, 0.5) is 5.82 Å². The van der Waals surface area contributed by atoms with E-state index in [0.717, 1.165) is 12.1 Å². The van der Waals surface area contributed by atoms with Gasteiger partial charge in [0, 0.05) is 18.3 Å². The van der Waals surface area contributed by atoms with E-state index in [1.54, 1.807) is 0 Å². The molecule has 0 saturated heterocycles. The van der Waals surface area contributed by atoms with Gasteiger partial charge in [-0.25, -0.2) is 9.97 Å². The van der Waals surface area contributed by atoms with Crippen molar-refractivity contribution in [3.8, 4) is 0 Å². The molecule has 0 unspecified atom stereocenters. The van der Waals surface area contributed by atoms with Gasteiger partial charge in [-0.1, -0.05) is 20.8 Å². The van der Waals surface area contributed by atoms with Gasteiger partial charge in [0.15, 0.2) is 0 Å². The third kappa shape index (κ3) is 3.66. The molecule has 0 fully saturated rings. The Morgan fingerprint density at radius 1 is 1.32 bits per heavy atom. The van der Waals surface area contributed by atoms with Crippen molar-refractivity contribution < 1.29 is 9.90 Å². The lowest BCUT2D eigenvalue weighted by Crippen LogP contribution is -2.37. The lowest BCUT2D eigenvalue weighted by atomic mass is 9.82. The van der Waals surface area contributed by atoms with E-state index in [9.17, 15) is 9.90 Å². The molecule has 0 spiro atoms. The minimum absolute atomic E-state index is 0.384. The van der Waals surface area contributed by atoms with E-state index in [4.69, 9.17) is 0 Å². The van der Waals surface area contributed by atoms with Crippen LogP contribution in [0.25, 0.3) is 0 Å². The number of hydrogen-bond acceptors (Lipinski definition) is 4. The molecule has 2 N–H and O–H groups in total. The van der Waals surface area contributed by atoms with Crippen molar-refractivity contribution in [2.75, 3.05) is 11.9 Å². The van der Waals surface area contributed by atoms with Crippen LogP contribution in [0.15, 0.2) is 6.07 Å². The summed E-state index contributed by atoms with van der Waals surface area (Å²) >= 11 is 0. The molecule has 1 aromatic rings. The second-order valence-corrected chi connectivity index (χ2v) is 4.79. The molecule has 0 atom stereocenters. The SMILES string of the molecule is CCc1cc(NCC(CC)(CC)C(=O)O)nc(C)n1.